The summed E-state index contributed by atoms with van der Waals surface area (Å²) >= 11 is 0. The van der Waals surface area contributed by atoms with Crippen LogP contribution in [-0.2, 0) is 13.0 Å². The van der Waals surface area contributed by atoms with Crippen LogP contribution in [0.3, 0.4) is 0 Å². The van der Waals surface area contributed by atoms with Crippen molar-refractivity contribution in [3.8, 4) is 0 Å². The maximum Gasteiger partial charge on any atom is 0.176 e. The quantitative estimate of drug-likeness (QED) is 0.852. The van der Waals surface area contributed by atoms with Crippen molar-refractivity contribution >= 4 is 0 Å². The normalized spacial score (nSPS) is 11.7. The van der Waals surface area contributed by atoms with Gasteiger partial charge in [-0.1, -0.05) is 30.3 Å². The van der Waals surface area contributed by atoms with Crippen LogP contribution in [0.5, 0.6) is 0 Å². The van der Waals surface area contributed by atoms with Crippen LogP contribution >= 0.6 is 0 Å². The lowest BCUT2D eigenvalue weighted by Crippen LogP contribution is -2.34. The van der Waals surface area contributed by atoms with Crippen LogP contribution < -0.4 is 5.73 Å². The van der Waals surface area contributed by atoms with Gasteiger partial charge in [0, 0.05) is 12.0 Å². The molecule has 0 amide bonds. The first-order valence-electron chi connectivity index (χ1n) is 5.62. The Morgan fingerprint density at radius 2 is 1.94 bits per heavy atom. The smallest absolute Gasteiger partial charge is 0.176 e. The fourth-order valence-corrected chi connectivity index (χ4v) is 1.57. The molecule has 0 aliphatic carbocycles. The first kappa shape index (κ1) is 11.7. The van der Waals surface area contributed by atoms with E-state index >= 15 is 0 Å². The lowest BCUT2D eigenvalue weighted by Gasteiger charge is -2.14. The Morgan fingerprint density at radius 3 is 2.59 bits per heavy atom. The highest BCUT2D eigenvalue weighted by Crippen LogP contribution is 2.05. The zero-order valence-corrected chi connectivity index (χ0v) is 10.2. The Bertz CT molecular complexity index is 469. The third kappa shape index (κ3) is 3.64. The molecule has 0 unspecified atom stereocenters. The van der Waals surface area contributed by atoms with Crippen molar-refractivity contribution in [3.05, 3.63) is 41.7 Å². The van der Waals surface area contributed by atoms with Crippen molar-refractivity contribution in [1.29, 1.82) is 0 Å². The minimum absolute atomic E-state index is 0.305. The van der Waals surface area contributed by atoms with Crippen molar-refractivity contribution in [2.75, 3.05) is 0 Å². The largest absolute Gasteiger partial charge is 0.325 e. The van der Waals surface area contributed by atoms with Gasteiger partial charge in [0.05, 0.1) is 6.54 Å². The second-order valence-corrected chi connectivity index (χ2v) is 4.89. The lowest BCUT2D eigenvalue weighted by atomic mass is 10.0. The number of benzene rings is 1. The maximum atomic E-state index is 5.91. The summed E-state index contributed by atoms with van der Waals surface area (Å²) in [6, 6.07) is 10.1. The van der Waals surface area contributed by atoms with Crippen LogP contribution in [-0.4, -0.2) is 25.7 Å². The molecular weight excluding hydrogens is 214 g/mol. The van der Waals surface area contributed by atoms with Crippen molar-refractivity contribution in [1.82, 2.24) is 20.2 Å². The van der Waals surface area contributed by atoms with Gasteiger partial charge >= 0.3 is 0 Å². The van der Waals surface area contributed by atoms with E-state index in [4.69, 9.17) is 5.73 Å². The van der Waals surface area contributed by atoms with Gasteiger partial charge in [-0.3, -0.25) is 0 Å². The lowest BCUT2D eigenvalue weighted by molar-refractivity contribution is 0.498. The number of aromatic nitrogens is 4. The Balaban J connectivity index is 2.04. The minimum atomic E-state index is -0.305. The summed E-state index contributed by atoms with van der Waals surface area (Å²) in [6.07, 6.45) is 0.627. The van der Waals surface area contributed by atoms with E-state index in [0.717, 1.165) is 5.56 Å². The predicted molar refractivity (Wildman–Crippen MR) is 65.3 cm³/mol. The van der Waals surface area contributed by atoms with E-state index in [9.17, 15) is 0 Å². The number of hydrogen-bond acceptors (Lipinski definition) is 4. The molecule has 0 fully saturated rings. The molecule has 5 heteroatoms. The minimum Gasteiger partial charge on any atom is -0.325 e. The van der Waals surface area contributed by atoms with Crippen LogP contribution in [0.15, 0.2) is 30.3 Å². The Morgan fingerprint density at radius 1 is 1.24 bits per heavy atom. The fraction of sp³-hybridized carbons (Fsp3) is 0.417. The molecule has 0 atom stereocenters. The van der Waals surface area contributed by atoms with Gasteiger partial charge in [0.15, 0.2) is 5.82 Å². The van der Waals surface area contributed by atoms with Gasteiger partial charge in [-0.2, -0.15) is 4.80 Å². The van der Waals surface area contributed by atoms with Crippen molar-refractivity contribution < 1.29 is 0 Å². The molecule has 0 saturated carbocycles. The van der Waals surface area contributed by atoms with Crippen molar-refractivity contribution in [3.63, 3.8) is 0 Å². The fourth-order valence-electron chi connectivity index (χ4n) is 1.57. The molecule has 0 radical (unpaired) electrons. The molecule has 1 aromatic heterocycles. The van der Waals surface area contributed by atoms with E-state index in [0.29, 0.717) is 18.8 Å². The molecule has 1 aromatic carbocycles. The molecule has 0 aliphatic heterocycles. The highest BCUT2D eigenvalue weighted by atomic mass is 15.6. The average Bonchev–Trinajstić information content (AvgIpc) is 2.64. The maximum absolute atomic E-state index is 5.91. The number of rotatable bonds is 4. The van der Waals surface area contributed by atoms with E-state index in [1.807, 2.05) is 44.2 Å². The molecule has 0 spiro atoms. The summed E-state index contributed by atoms with van der Waals surface area (Å²) in [7, 11) is 0. The molecule has 0 bridgehead atoms. The summed E-state index contributed by atoms with van der Waals surface area (Å²) in [5.41, 5.74) is 6.76. The van der Waals surface area contributed by atoms with E-state index in [-0.39, 0.29) is 5.54 Å². The number of hydrogen-bond donors (Lipinski definition) is 1. The molecule has 5 nitrogen and oxygen atoms in total. The second-order valence-electron chi connectivity index (χ2n) is 4.89. The molecule has 2 rings (SSSR count). The van der Waals surface area contributed by atoms with Gasteiger partial charge in [0.1, 0.15) is 0 Å². The van der Waals surface area contributed by atoms with Crippen LogP contribution in [0, 0.1) is 0 Å². The van der Waals surface area contributed by atoms with Crippen LogP contribution in [0.4, 0.5) is 0 Å². The van der Waals surface area contributed by atoms with E-state index in [2.05, 4.69) is 15.4 Å². The number of nitrogens with zero attached hydrogens (tertiary/aromatic N) is 4. The number of tetrazole rings is 1. The standard InChI is InChI=1S/C12H17N5/c1-12(2,13)8-11-14-16-17(15-11)9-10-6-4-3-5-7-10/h3-7H,8-9,13H2,1-2H3. The topological polar surface area (TPSA) is 69.6 Å². The summed E-state index contributed by atoms with van der Waals surface area (Å²) < 4.78 is 0. The molecule has 2 N–H and O–H groups in total. The third-order valence-electron chi connectivity index (χ3n) is 2.27. The summed E-state index contributed by atoms with van der Waals surface area (Å²) in [4.78, 5) is 1.59. The average molecular weight is 231 g/mol. The Labute approximate surface area is 101 Å². The summed E-state index contributed by atoms with van der Waals surface area (Å²) in [5.74, 6) is 0.688. The van der Waals surface area contributed by atoms with Crippen LogP contribution in [0.1, 0.15) is 25.2 Å². The molecule has 0 saturated heterocycles. The Kier molecular flexibility index (Phi) is 3.19. The summed E-state index contributed by atoms with van der Waals surface area (Å²) in [6.45, 7) is 4.54. The SMILES string of the molecule is CC(C)(N)Cc1nnn(Cc2ccccc2)n1. The second kappa shape index (κ2) is 4.63. The van der Waals surface area contributed by atoms with E-state index in [1.54, 1.807) is 4.80 Å². The first-order valence-corrected chi connectivity index (χ1v) is 5.62. The zero-order chi connectivity index (χ0) is 12.3. The highest BCUT2D eigenvalue weighted by molar-refractivity contribution is 5.14. The molecule has 1 heterocycles. The monoisotopic (exact) mass is 231 g/mol. The Hall–Kier alpha value is -1.75. The molecule has 90 valence electrons. The van der Waals surface area contributed by atoms with Crippen molar-refractivity contribution in [2.24, 2.45) is 5.73 Å². The van der Waals surface area contributed by atoms with Gasteiger partial charge < -0.3 is 5.73 Å². The van der Waals surface area contributed by atoms with Crippen LogP contribution in [0.25, 0.3) is 0 Å². The predicted octanol–water partition coefficient (Wildman–Crippen LogP) is 1.00. The van der Waals surface area contributed by atoms with Gasteiger partial charge in [-0.05, 0) is 24.6 Å². The van der Waals surface area contributed by atoms with Gasteiger partial charge in [0.2, 0.25) is 0 Å². The van der Waals surface area contributed by atoms with E-state index in [1.165, 1.54) is 0 Å². The zero-order valence-electron chi connectivity index (χ0n) is 10.2. The molecule has 2 aromatic rings. The van der Waals surface area contributed by atoms with Gasteiger partial charge in [0.25, 0.3) is 0 Å². The van der Waals surface area contributed by atoms with E-state index < -0.39 is 0 Å². The first-order chi connectivity index (χ1) is 8.03. The molecule has 17 heavy (non-hydrogen) atoms. The number of nitrogens with two attached hydrogens (primary N) is 1. The molecular formula is C12H17N5. The third-order valence-corrected chi connectivity index (χ3v) is 2.27. The van der Waals surface area contributed by atoms with Crippen LogP contribution in [0.2, 0.25) is 0 Å². The van der Waals surface area contributed by atoms with Gasteiger partial charge in [-0.15, -0.1) is 10.2 Å². The van der Waals surface area contributed by atoms with Crippen molar-refractivity contribution in [2.45, 2.75) is 32.4 Å². The summed E-state index contributed by atoms with van der Waals surface area (Å²) in [5, 5.41) is 12.3. The molecule has 0 aliphatic rings. The van der Waals surface area contributed by atoms with Gasteiger partial charge in [-0.25, -0.2) is 0 Å². The highest BCUT2D eigenvalue weighted by Gasteiger charge is 2.15.